The van der Waals surface area contributed by atoms with Gasteiger partial charge in [-0.2, -0.15) is 0 Å². The molecule has 2 aliphatic carbocycles. The minimum atomic E-state index is 1.06. The Balaban J connectivity index is 1.16. The summed E-state index contributed by atoms with van der Waals surface area (Å²) in [7, 11) is 0. The maximum absolute atomic E-state index is 2.49. The summed E-state index contributed by atoms with van der Waals surface area (Å²) in [5.41, 5.74) is 15.0. The molecule has 0 spiro atoms. The highest BCUT2D eigenvalue weighted by Crippen LogP contribution is 2.45. The molecule has 47 heavy (non-hydrogen) atoms. The van der Waals surface area contributed by atoms with Gasteiger partial charge in [0.15, 0.2) is 0 Å². The highest BCUT2D eigenvalue weighted by atomic mass is 15.0. The van der Waals surface area contributed by atoms with E-state index in [1.54, 1.807) is 11.1 Å². The fraction of sp³-hybridized carbons (Fsp3) is 0.0870. The molecule has 1 aromatic heterocycles. The van der Waals surface area contributed by atoms with E-state index in [4.69, 9.17) is 0 Å². The number of hydrogen-bond acceptors (Lipinski definition) is 0. The summed E-state index contributed by atoms with van der Waals surface area (Å²) in [6.45, 7) is 0. The quantitative estimate of drug-likeness (QED) is 0.178. The molecule has 0 aliphatic heterocycles. The van der Waals surface area contributed by atoms with Gasteiger partial charge in [-0.15, -0.1) is 0 Å². The maximum Gasteiger partial charge on any atom is 0.0541 e. The number of fused-ring (bicyclic) bond motifs is 8. The molecule has 2 aliphatic rings. The number of rotatable bonds is 3. The standard InChI is InChI=1S/C46H33N/c1-2-12-35-30(11-1)21-22-32-29-33(25-28-36(32)35)46-41-17-5-3-15-39(41)45(40-16-4-6-18-42(40)46)31-23-26-34(27-24-31)47-43-19-9-7-13-37(43)38-14-8-10-20-44(38)47/h1,3-11,13-24,26-27,29H,2,12,25,28H2. The normalized spacial score (nSPS) is 14.1. The van der Waals surface area contributed by atoms with Crippen LogP contribution in [0.15, 0.2) is 140 Å². The molecule has 0 atom stereocenters. The second kappa shape index (κ2) is 10.4. The lowest BCUT2D eigenvalue weighted by atomic mass is 9.79. The third-order valence-electron chi connectivity index (χ3n) is 10.6. The van der Waals surface area contributed by atoms with Gasteiger partial charge in [0.1, 0.15) is 0 Å². The van der Waals surface area contributed by atoms with Gasteiger partial charge in [-0.1, -0.05) is 127 Å². The molecule has 1 nitrogen and oxygen atoms in total. The third-order valence-corrected chi connectivity index (χ3v) is 10.6. The maximum atomic E-state index is 2.49. The summed E-state index contributed by atoms with van der Waals surface area (Å²) in [5.74, 6) is 0. The average molecular weight is 600 g/mol. The molecule has 0 unspecified atom stereocenters. The Kier molecular flexibility index (Phi) is 5.90. The first kappa shape index (κ1) is 26.5. The summed E-state index contributed by atoms with van der Waals surface area (Å²) in [6, 6.07) is 49.5. The molecule has 10 rings (SSSR count). The molecule has 0 saturated heterocycles. The Labute approximate surface area is 274 Å². The van der Waals surface area contributed by atoms with Crippen molar-refractivity contribution in [1.82, 2.24) is 4.57 Å². The van der Waals surface area contributed by atoms with Gasteiger partial charge in [-0.25, -0.2) is 0 Å². The smallest absolute Gasteiger partial charge is 0.0541 e. The average Bonchev–Trinajstić information content (AvgIpc) is 3.48. The van der Waals surface area contributed by atoms with E-state index in [0.717, 1.165) is 25.7 Å². The van der Waals surface area contributed by atoms with Crippen LogP contribution in [0.3, 0.4) is 0 Å². The van der Waals surface area contributed by atoms with E-state index in [1.165, 1.54) is 82.4 Å². The predicted octanol–water partition coefficient (Wildman–Crippen LogP) is 12.2. The third kappa shape index (κ3) is 4.03. The van der Waals surface area contributed by atoms with Crippen molar-refractivity contribution in [3.63, 3.8) is 0 Å². The molecule has 8 aromatic rings. The minimum absolute atomic E-state index is 1.06. The van der Waals surface area contributed by atoms with Crippen molar-refractivity contribution in [1.29, 1.82) is 0 Å². The monoisotopic (exact) mass is 599 g/mol. The van der Waals surface area contributed by atoms with E-state index in [0.29, 0.717) is 0 Å². The summed E-state index contributed by atoms with van der Waals surface area (Å²) in [6.07, 6.45) is 11.6. The zero-order valence-corrected chi connectivity index (χ0v) is 26.2. The molecule has 222 valence electrons. The summed E-state index contributed by atoms with van der Waals surface area (Å²) >= 11 is 0. The highest BCUT2D eigenvalue weighted by Gasteiger charge is 2.22. The van der Waals surface area contributed by atoms with Crippen molar-refractivity contribution >= 4 is 61.1 Å². The van der Waals surface area contributed by atoms with Crippen LogP contribution in [-0.2, 0) is 12.8 Å². The van der Waals surface area contributed by atoms with Crippen LogP contribution in [0.1, 0.15) is 40.7 Å². The first-order valence-electron chi connectivity index (χ1n) is 16.9. The first-order valence-corrected chi connectivity index (χ1v) is 16.9. The van der Waals surface area contributed by atoms with Gasteiger partial charge in [0.05, 0.1) is 11.0 Å². The SMILES string of the molecule is C1=Cc2ccc3c(c2CC1)CCC(c1c2ccccc2c(-c2ccc(-n4c5ccccc5c5ccccc54)cc2)c2ccccc12)=C3. The molecular weight excluding hydrogens is 567 g/mol. The van der Waals surface area contributed by atoms with E-state index in [2.05, 4.69) is 156 Å². The zero-order chi connectivity index (χ0) is 30.9. The molecule has 0 N–H and O–H groups in total. The number of nitrogens with zero attached hydrogens (tertiary/aromatic N) is 1. The number of allylic oxidation sites excluding steroid dienone is 2. The van der Waals surface area contributed by atoms with Crippen LogP contribution in [0.5, 0.6) is 0 Å². The Bertz CT molecular complexity index is 2500. The molecule has 1 heterocycles. The molecule has 0 bridgehead atoms. The number of aromatic nitrogens is 1. The van der Waals surface area contributed by atoms with Crippen molar-refractivity contribution in [2.75, 3.05) is 0 Å². The van der Waals surface area contributed by atoms with Crippen LogP contribution in [-0.4, -0.2) is 4.57 Å². The molecule has 0 amide bonds. The number of para-hydroxylation sites is 2. The van der Waals surface area contributed by atoms with Crippen LogP contribution in [0.2, 0.25) is 0 Å². The summed E-state index contributed by atoms with van der Waals surface area (Å²) in [4.78, 5) is 0. The molecular formula is C46H33N. The second-order valence-electron chi connectivity index (χ2n) is 13.1. The van der Waals surface area contributed by atoms with E-state index >= 15 is 0 Å². The van der Waals surface area contributed by atoms with Crippen molar-refractivity contribution in [3.8, 4) is 16.8 Å². The predicted molar refractivity (Wildman–Crippen MR) is 201 cm³/mol. The van der Waals surface area contributed by atoms with Crippen molar-refractivity contribution in [2.24, 2.45) is 0 Å². The van der Waals surface area contributed by atoms with Crippen LogP contribution in [0.25, 0.3) is 77.9 Å². The molecule has 0 fully saturated rings. The second-order valence-corrected chi connectivity index (χ2v) is 13.1. The Morgan fingerprint density at radius 3 is 1.60 bits per heavy atom. The van der Waals surface area contributed by atoms with E-state index < -0.39 is 0 Å². The van der Waals surface area contributed by atoms with Gasteiger partial charge in [0.2, 0.25) is 0 Å². The van der Waals surface area contributed by atoms with Gasteiger partial charge in [0, 0.05) is 16.5 Å². The minimum Gasteiger partial charge on any atom is -0.309 e. The van der Waals surface area contributed by atoms with Crippen LogP contribution in [0, 0.1) is 0 Å². The van der Waals surface area contributed by atoms with E-state index in [-0.39, 0.29) is 0 Å². The van der Waals surface area contributed by atoms with Crippen molar-refractivity contribution in [2.45, 2.75) is 25.7 Å². The van der Waals surface area contributed by atoms with Crippen LogP contribution < -0.4 is 0 Å². The van der Waals surface area contributed by atoms with E-state index in [1.807, 2.05) is 0 Å². The van der Waals surface area contributed by atoms with Gasteiger partial charge in [-0.3, -0.25) is 0 Å². The molecule has 7 aromatic carbocycles. The lowest BCUT2D eigenvalue weighted by molar-refractivity contribution is 0.913. The topological polar surface area (TPSA) is 4.93 Å². The summed E-state index contributed by atoms with van der Waals surface area (Å²) in [5, 5.41) is 7.87. The van der Waals surface area contributed by atoms with Gasteiger partial charge >= 0.3 is 0 Å². The molecule has 0 radical (unpaired) electrons. The van der Waals surface area contributed by atoms with Crippen LogP contribution in [0.4, 0.5) is 0 Å². The first-order chi connectivity index (χ1) is 23.3. The lowest BCUT2D eigenvalue weighted by Crippen LogP contribution is -2.07. The Morgan fingerprint density at radius 1 is 0.426 bits per heavy atom. The molecule has 1 heteroatoms. The molecule has 0 saturated carbocycles. The van der Waals surface area contributed by atoms with Crippen molar-refractivity contribution in [3.05, 3.63) is 167 Å². The lowest BCUT2D eigenvalue weighted by Gasteiger charge is -2.25. The van der Waals surface area contributed by atoms with Crippen molar-refractivity contribution < 1.29 is 0 Å². The largest absolute Gasteiger partial charge is 0.309 e. The zero-order valence-electron chi connectivity index (χ0n) is 26.2. The number of hydrogen-bond donors (Lipinski definition) is 0. The Morgan fingerprint density at radius 2 is 0.957 bits per heavy atom. The van der Waals surface area contributed by atoms with Gasteiger partial charge < -0.3 is 4.57 Å². The fourth-order valence-electron chi connectivity index (χ4n) is 8.53. The fourth-order valence-corrected chi connectivity index (χ4v) is 8.53. The van der Waals surface area contributed by atoms with Gasteiger partial charge in [0.25, 0.3) is 0 Å². The van der Waals surface area contributed by atoms with Gasteiger partial charge in [-0.05, 0) is 116 Å². The van der Waals surface area contributed by atoms with E-state index in [9.17, 15) is 0 Å². The van der Waals surface area contributed by atoms with Crippen LogP contribution >= 0.6 is 0 Å². The number of benzene rings is 7. The highest BCUT2D eigenvalue weighted by molar-refractivity contribution is 6.20. The summed E-state index contributed by atoms with van der Waals surface area (Å²) < 4.78 is 2.40. The Hall–Kier alpha value is -5.66.